The molecule has 1 amide bonds. The maximum absolute atomic E-state index is 14.7. The normalized spacial score (nSPS) is 44.9. The van der Waals surface area contributed by atoms with Gasteiger partial charge in [0.1, 0.15) is 18.2 Å². The number of morpholine rings is 1. The fourth-order valence-corrected chi connectivity index (χ4v) is 9.92. The number of amides is 1. The van der Waals surface area contributed by atoms with Crippen LogP contribution in [0.15, 0.2) is 36.1 Å². The van der Waals surface area contributed by atoms with Crippen LogP contribution in [0.3, 0.4) is 0 Å². The lowest BCUT2D eigenvalue weighted by Crippen LogP contribution is -2.77. The van der Waals surface area contributed by atoms with E-state index in [0.29, 0.717) is 31.4 Å². The molecule has 2 saturated heterocycles. The van der Waals surface area contributed by atoms with Crippen molar-refractivity contribution in [1.29, 1.82) is 0 Å². The molecule has 4 aliphatic heterocycles. The molecule has 306 valence electrons. The number of ether oxygens (including phenoxy) is 5. The molecule has 5 fully saturated rings. The molecule has 0 radical (unpaired) electrons. The molecule has 0 aromatic heterocycles. The molecule has 0 spiro atoms. The first-order valence-corrected chi connectivity index (χ1v) is 20.6. The zero-order valence-corrected chi connectivity index (χ0v) is 33.3. The number of aliphatic hydroxyl groups is 1. The third kappa shape index (κ3) is 9.28. The van der Waals surface area contributed by atoms with E-state index < -0.39 is 66.3 Å². The van der Waals surface area contributed by atoms with Crippen LogP contribution in [0.4, 0.5) is 0 Å². The number of rotatable bonds is 5. The number of hydrogen-bond acceptors (Lipinski definition) is 12. The third-order valence-electron chi connectivity index (χ3n) is 13.0. The molecule has 7 rings (SSSR count). The number of carbonyl (C=O) groups is 4. The maximum Gasteiger partial charge on any atom is 0.302 e. The zero-order valence-electron chi connectivity index (χ0n) is 33.3. The Morgan fingerprint density at radius 3 is 2.58 bits per heavy atom. The molecule has 4 heterocycles. The Bertz CT molecular complexity index is 1480. The fraction of sp³-hybridized carbons (Fsp3) is 0.762. The number of allylic oxidation sites excluding steroid dienone is 4. The van der Waals surface area contributed by atoms with E-state index in [2.05, 4.69) is 35.9 Å². The summed E-state index contributed by atoms with van der Waals surface area (Å²) in [5, 5.41) is 21.8. The van der Waals surface area contributed by atoms with Gasteiger partial charge >= 0.3 is 5.97 Å². The van der Waals surface area contributed by atoms with E-state index in [1.807, 2.05) is 19.2 Å². The molecule has 0 aromatic rings. The van der Waals surface area contributed by atoms with Gasteiger partial charge in [-0.2, -0.15) is 0 Å². The largest absolute Gasteiger partial charge is 0.465 e. The molecule has 5 bridgehead atoms. The van der Waals surface area contributed by atoms with Gasteiger partial charge < -0.3 is 44.7 Å². The second-order valence-electron chi connectivity index (χ2n) is 16.9. The van der Waals surface area contributed by atoms with Gasteiger partial charge in [0.2, 0.25) is 11.7 Å². The lowest BCUT2D eigenvalue weighted by Gasteiger charge is -2.58. The third-order valence-corrected chi connectivity index (χ3v) is 13.0. The highest BCUT2D eigenvalue weighted by molar-refractivity contribution is 5.99. The van der Waals surface area contributed by atoms with Gasteiger partial charge in [-0.25, -0.2) is 0 Å². The number of fused-ring (bicyclic) bond motifs is 14. The van der Waals surface area contributed by atoms with Crippen molar-refractivity contribution in [3.63, 3.8) is 0 Å². The van der Waals surface area contributed by atoms with E-state index in [-0.39, 0.29) is 53.7 Å². The number of carbonyl (C=O) groups excluding carboxylic acids is 4. The van der Waals surface area contributed by atoms with Crippen molar-refractivity contribution in [2.45, 2.75) is 147 Å². The van der Waals surface area contributed by atoms with Crippen LogP contribution in [0.5, 0.6) is 0 Å². The first-order valence-electron chi connectivity index (χ1n) is 20.6. The first-order chi connectivity index (χ1) is 26.4. The Kier molecular flexibility index (Phi) is 14.1. The van der Waals surface area contributed by atoms with Gasteiger partial charge in [0.05, 0.1) is 49.1 Å². The summed E-state index contributed by atoms with van der Waals surface area (Å²) in [6, 6.07) is -1.63. The van der Waals surface area contributed by atoms with Gasteiger partial charge in [-0.05, 0) is 70.4 Å². The second-order valence-corrected chi connectivity index (χ2v) is 16.9. The van der Waals surface area contributed by atoms with Gasteiger partial charge in [-0.15, -0.1) is 0 Å². The minimum Gasteiger partial charge on any atom is -0.465 e. The van der Waals surface area contributed by atoms with E-state index in [0.717, 1.165) is 38.6 Å². The molecule has 13 nitrogen and oxygen atoms in total. The van der Waals surface area contributed by atoms with Crippen LogP contribution in [0, 0.1) is 35.5 Å². The van der Waals surface area contributed by atoms with Crippen LogP contribution in [-0.2, 0) is 42.9 Å². The van der Waals surface area contributed by atoms with Crippen molar-refractivity contribution in [3.05, 3.63) is 36.1 Å². The summed E-state index contributed by atoms with van der Waals surface area (Å²) < 4.78 is 30.9. The Labute approximate surface area is 325 Å². The van der Waals surface area contributed by atoms with Crippen molar-refractivity contribution >= 4 is 23.4 Å². The van der Waals surface area contributed by atoms with E-state index in [9.17, 15) is 24.3 Å². The summed E-state index contributed by atoms with van der Waals surface area (Å²) in [7, 11) is 1.88. The van der Waals surface area contributed by atoms with Gasteiger partial charge in [0.25, 0.3) is 6.29 Å². The molecule has 16 atom stereocenters. The number of aliphatic hydroxyl groups excluding tert-OH is 1. The standard InChI is InChI=1S/C42H63N3O10/c1-22-11-9-13-23(2)29(53-26(5)46)15-7-8-19-52-42-38(49)33-31-32(36(47)25(4)39(33)55-42)37(48)35(45-41(50)24(3)14-10-12-22)40-34(31)44-28-17-16-27(21-30(28)54-40)51-20-18-43-6/h8,10,12,14,19,22-23,25,27-36,39-40,42-44,47H,7,9,11,13,15-18,20-21H2,1-6H3,(H,45,50)/b12-10+,19-8+,24-14-/t22-,23-,25?,27?,28?,29-,30?,31?,32?,33?,34?,35?,36?,39?,40?,42+/m1/s1. The lowest BCUT2D eigenvalue weighted by atomic mass is 9.55. The minimum absolute atomic E-state index is 0.00477. The molecule has 12 unspecified atom stereocenters. The predicted octanol–water partition coefficient (Wildman–Crippen LogP) is 3.29. The number of ketones is 2. The number of nitrogens with one attached hydrogen (secondary N) is 3. The summed E-state index contributed by atoms with van der Waals surface area (Å²) in [5.74, 6) is -3.80. The van der Waals surface area contributed by atoms with Gasteiger partial charge in [-0.1, -0.05) is 45.4 Å². The smallest absolute Gasteiger partial charge is 0.302 e. The van der Waals surface area contributed by atoms with Crippen LogP contribution >= 0.6 is 0 Å². The second kappa shape index (κ2) is 18.5. The number of Topliss-reactive ketones (excluding diaryl/α,β-unsaturated/α-hetero) is 2. The summed E-state index contributed by atoms with van der Waals surface area (Å²) in [6.07, 6.45) is 10.8. The SMILES string of the molecule is CNCCOC1CCC2NC3C(OC2C1)C1NC(=O)/C(C)=C\C=C\[C@H](C)CCC[C@@H](C)[C@H](OC(C)=O)CC/C=C/O[C@H]2OC4C(C)C(O)C(C1=O)C3C4C2=O. The van der Waals surface area contributed by atoms with Crippen LogP contribution < -0.4 is 16.0 Å². The molecule has 0 aromatic carbocycles. The number of esters is 1. The van der Waals surface area contributed by atoms with Crippen molar-refractivity contribution in [3.8, 4) is 0 Å². The highest BCUT2D eigenvalue weighted by atomic mass is 16.7. The molecular weight excluding hydrogens is 706 g/mol. The van der Waals surface area contributed by atoms with Crippen molar-refractivity contribution in [2.24, 2.45) is 35.5 Å². The Hall–Kier alpha value is -2.94. The summed E-state index contributed by atoms with van der Waals surface area (Å²) in [5.41, 5.74) is 0.435. The maximum atomic E-state index is 14.7. The Morgan fingerprint density at radius 2 is 1.82 bits per heavy atom. The number of hydrogen-bond donors (Lipinski definition) is 4. The Morgan fingerprint density at radius 1 is 1.02 bits per heavy atom. The van der Waals surface area contributed by atoms with Crippen LogP contribution in [0.25, 0.3) is 0 Å². The first kappa shape index (κ1) is 41.7. The van der Waals surface area contributed by atoms with Crippen molar-refractivity contribution < 1.29 is 48.0 Å². The van der Waals surface area contributed by atoms with Gasteiger partial charge in [-0.3, -0.25) is 19.2 Å². The number of likely N-dealkylation sites (N-methyl/N-ethyl adjacent to an activating group) is 1. The summed E-state index contributed by atoms with van der Waals surface area (Å²) in [4.78, 5) is 54.8. The Balaban J connectivity index is 1.31. The molecule has 55 heavy (non-hydrogen) atoms. The molecule has 3 saturated carbocycles. The molecule has 13 heteroatoms. The quantitative estimate of drug-likeness (QED) is 0.238. The molecule has 4 N–H and O–H groups in total. The minimum atomic E-state index is -1.20. The zero-order chi connectivity index (χ0) is 39.4. The van der Waals surface area contributed by atoms with E-state index in [1.165, 1.54) is 13.2 Å². The molecule has 7 aliphatic rings. The molecule has 3 aliphatic carbocycles. The van der Waals surface area contributed by atoms with Crippen molar-refractivity contribution in [2.75, 3.05) is 20.2 Å². The average Bonchev–Trinajstić information content (AvgIpc) is 3.48. The van der Waals surface area contributed by atoms with E-state index >= 15 is 0 Å². The highest BCUT2D eigenvalue weighted by Crippen LogP contribution is 2.52. The lowest BCUT2D eigenvalue weighted by molar-refractivity contribution is -0.203. The fourth-order valence-electron chi connectivity index (χ4n) is 9.92. The van der Waals surface area contributed by atoms with Gasteiger partial charge in [0.15, 0.2) is 5.78 Å². The van der Waals surface area contributed by atoms with Crippen molar-refractivity contribution in [1.82, 2.24) is 16.0 Å². The topological polar surface area (TPSA) is 171 Å². The monoisotopic (exact) mass is 769 g/mol. The van der Waals surface area contributed by atoms with Crippen LogP contribution in [0.2, 0.25) is 0 Å². The van der Waals surface area contributed by atoms with Crippen LogP contribution in [-0.4, -0.2) is 110 Å². The van der Waals surface area contributed by atoms with Crippen LogP contribution in [0.1, 0.15) is 86.0 Å². The predicted molar refractivity (Wildman–Crippen MR) is 203 cm³/mol. The molecular formula is C42H63N3O10. The summed E-state index contributed by atoms with van der Waals surface area (Å²) >= 11 is 0. The van der Waals surface area contributed by atoms with Gasteiger partial charge in [0, 0.05) is 49.4 Å². The van der Waals surface area contributed by atoms with E-state index in [4.69, 9.17) is 23.7 Å². The highest BCUT2D eigenvalue weighted by Gasteiger charge is 2.67. The summed E-state index contributed by atoms with van der Waals surface area (Å²) in [6.45, 7) is 10.5. The average molecular weight is 770 g/mol. The van der Waals surface area contributed by atoms with E-state index in [1.54, 1.807) is 19.9 Å².